The average molecular weight is 234 g/mol. The third kappa shape index (κ3) is 2.38. The van der Waals surface area contributed by atoms with Crippen LogP contribution in [0.4, 0.5) is 5.69 Å². The predicted molar refractivity (Wildman–Crippen MR) is 62.9 cm³/mol. The molecule has 0 radical (unpaired) electrons. The summed E-state index contributed by atoms with van der Waals surface area (Å²) in [5.74, 6) is -0.0112. The number of thiazole rings is 1. The van der Waals surface area contributed by atoms with Crippen LogP contribution in [0.2, 0.25) is 0 Å². The minimum atomic E-state index is -0.184. The molecule has 5 heteroatoms. The zero-order valence-electron chi connectivity index (χ0n) is 8.60. The largest absolute Gasteiger partial charge is 0.508 e. The van der Waals surface area contributed by atoms with E-state index in [9.17, 15) is 4.79 Å². The van der Waals surface area contributed by atoms with Gasteiger partial charge < -0.3 is 10.4 Å². The number of hydrogen-bond donors (Lipinski definition) is 2. The Balaban J connectivity index is 2.10. The highest BCUT2D eigenvalue weighted by Gasteiger charge is 2.08. The van der Waals surface area contributed by atoms with Crippen molar-refractivity contribution in [3.8, 4) is 5.75 Å². The molecule has 0 spiro atoms. The van der Waals surface area contributed by atoms with Crippen molar-refractivity contribution in [2.75, 3.05) is 5.32 Å². The molecule has 4 nitrogen and oxygen atoms in total. The van der Waals surface area contributed by atoms with Crippen LogP contribution in [0.25, 0.3) is 0 Å². The summed E-state index contributed by atoms with van der Waals surface area (Å²) < 4.78 is 0. The van der Waals surface area contributed by atoms with Crippen LogP contribution < -0.4 is 5.32 Å². The van der Waals surface area contributed by atoms with Crippen LogP contribution in [0, 0.1) is 6.92 Å². The van der Waals surface area contributed by atoms with E-state index in [-0.39, 0.29) is 11.7 Å². The lowest BCUT2D eigenvalue weighted by Crippen LogP contribution is -2.09. The maximum Gasteiger partial charge on any atom is 0.267 e. The van der Waals surface area contributed by atoms with Crippen LogP contribution in [0.1, 0.15) is 14.7 Å². The molecule has 0 fully saturated rings. The second kappa shape index (κ2) is 4.32. The molecule has 0 bridgehead atoms. The second-order valence-corrected chi connectivity index (χ2v) is 4.48. The first kappa shape index (κ1) is 10.6. The number of aromatic nitrogens is 1. The number of aromatic hydroxyl groups is 1. The van der Waals surface area contributed by atoms with E-state index in [0.29, 0.717) is 10.6 Å². The molecule has 1 aromatic carbocycles. The summed E-state index contributed by atoms with van der Waals surface area (Å²) in [6.07, 6.45) is 1.55. The fourth-order valence-electron chi connectivity index (χ4n) is 1.20. The van der Waals surface area contributed by atoms with Gasteiger partial charge in [-0.25, -0.2) is 4.98 Å². The summed E-state index contributed by atoms with van der Waals surface area (Å²) in [7, 11) is 0. The van der Waals surface area contributed by atoms with Crippen molar-refractivity contribution in [2.24, 2.45) is 0 Å². The Morgan fingerprint density at radius 1 is 1.38 bits per heavy atom. The molecule has 1 heterocycles. The molecule has 0 aliphatic rings. The molecule has 1 aromatic heterocycles. The SMILES string of the molecule is Cc1ncc(C(=O)Nc2ccc(O)cc2)s1. The number of aryl methyl sites for hydroxylation is 1. The number of benzene rings is 1. The third-order valence-corrected chi connectivity index (χ3v) is 2.88. The van der Waals surface area contributed by atoms with Crippen molar-refractivity contribution in [3.05, 3.63) is 40.3 Å². The second-order valence-electron chi connectivity index (χ2n) is 3.24. The topological polar surface area (TPSA) is 62.2 Å². The summed E-state index contributed by atoms with van der Waals surface area (Å²) in [6, 6.07) is 6.32. The summed E-state index contributed by atoms with van der Waals surface area (Å²) in [5, 5.41) is 12.7. The van der Waals surface area contributed by atoms with Crippen LogP contribution in [-0.4, -0.2) is 16.0 Å². The number of phenols is 1. The van der Waals surface area contributed by atoms with Gasteiger partial charge in [0.1, 0.15) is 10.6 Å². The monoisotopic (exact) mass is 234 g/mol. The molecule has 0 saturated carbocycles. The van der Waals surface area contributed by atoms with E-state index in [2.05, 4.69) is 10.3 Å². The van der Waals surface area contributed by atoms with Crippen molar-refractivity contribution in [2.45, 2.75) is 6.92 Å². The number of carbonyl (C=O) groups excluding carboxylic acids is 1. The maximum atomic E-state index is 11.7. The van der Waals surface area contributed by atoms with E-state index in [1.54, 1.807) is 18.3 Å². The van der Waals surface area contributed by atoms with Crippen LogP contribution in [0.5, 0.6) is 5.75 Å². The van der Waals surface area contributed by atoms with Crippen molar-refractivity contribution in [1.82, 2.24) is 4.98 Å². The first-order valence-electron chi connectivity index (χ1n) is 4.68. The Morgan fingerprint density at radius 3 is 2.62 bits per heavy atom. The molecular formula is C11H10N2O2S. The maximum absolute atomic E-state index is 11.7. The van der Waals surface area contributed by atoms with E-state index in [1.807, 2.05) is 6.92 Å². The Morgan fingerprint density at radius 2 is 2.06 bits per heavy atom. The molecule has 0 atom stereocenters. The lowest BCUT2D eigenvalue weighted by Gasteiger charge is -2.02. The van der Waals surface area contributed by atoms with Gasteiger partial charge in [0.05, 0.1) is 11.2 Å². The summed E-state index contributed by atoms with van der Waals surface area (Å²) in [6.45, 7) is 1.85. The van der Waals surface area contributed by atoms with Gasteiger partial charge in [-0.2, -0.15) is 0 Å². The number of phenolic OH excluding ortho intramolecular Hbond substituents is 1. The zero-order chi connectivity index (χ0) is 11.5. The molecule has 2 aromatic rings. The predicted octanol–water partition coefficient (Wildman–Crippen LogP) is 2.41. The number of anilines is 1. The van der Waals surface area contributed by atoms with E-state index < -0.39 is 0 Å². The van der Waals surface area contributed by atoms with E-state index in [0.717, 1.165) is 5.01 Å². The third-order valence-electron chi connectivity index (χ3n) is 1.97. The van der Waals surface area contributed by atoms with E-state index in [1.165, 1.54) is 23.5 Å². The number of hydrogen-bond acceptors (Lipinski definition) is 4. The molecule has 0 unspecified atom stereocenters. The number of nitrogens with zero attached hydrogens (tertiary/aromatic N) is 1. The Labute approximate surface area is 96.6 Å². The highest BCUT2D eigenvalue weighted by molar-refractivity contribution is 7.13. The van der Waals surface area contributed by atoms with E-state index >= 15 is 0 Å². The molecule has 82 valence electrons. The molecule has 16 heavy (non-hydrogen) atoms. The number of rotatable bonds is 2. The number of carbonyl (C=O) groups is 1. The highest BCUT2D eigenvalue weighted by Crippen LogP contribution is 2.17. The standard InChI is InChI=1S/C11H10N2O2S/c1-7-12-6-10(16-7)11(15)13-8-2-4-9(14)5-3-8/h2-6,14H,1H3,(H,13,15). The fourth-order valence-corrected chi connectivity index (χ4v) is 1.88. The van der Waals surface area contributed by atoms with Crippen molar-refractivity contribution in [1.29, 1.82) is 0 Å². The first-order chi connectivity index (χ1) is 7.65. The van der Waals surface area contributed by atoms with Gasteiger partial charge in [-0.15, -0.1) is 11.3 Å². The minimum absolute atomic E-state index is 0.173. The van der Waals surface area contributed by atoms with Gasteiger partial charge in [0.2, 0.25) is 0 Å². The molecule has 0 aliphatic heterocycles. The normalized spacial score (nSPS) is 10.1. The summed E-state index contributed by atoms with van der Waals surface area (Å²) in [5.41, 5.74) is 0.647. The molecule has 1 amide bonds. The Kier molecular flexibility index (Phi) is 2.87. The summed E-state index contributed by atoms with van der Waals surface area (Å²) >= 11 is 1.35. The van der Waals surface area contributed by atoms with Gasteiger partial charge in [0.15, 0.2) is 0 Å². The zero-order valence-corrected chi connectivity index (χ0v) is 9.41. The quantitative estimate of drug-likeness (QED) is 0.784. The Hall–Kier alpha value is -1.88. The molecular weight excluding hydrogens is 224 g/mol. The molecule has 2 N–H and O–H groups in total. The van der Waals surface area contributed by atoms with Crippen LogP contribution in [0.15, 0.2) is 30.5 Å². The van der Waals surface area contributed by atoms with Gasteiger partial charge in [-0.1, -0.05) is 0 Å². The Bertz CT molecular complexity index is 505. The highest BCUT2D eigenvalue weighted by atomic mass is 32.1. The molecule has 2 rings (SSSR count). The van der Waals surface area contributed by atoms with Gasteiger partial charge in [-0.05, 0) is 31.2 Å². The van der Waals surface area contributed by atoms with Gasteiger partial charge >= 0.3 is 0 Å². The van der Waals surface area contributed by atoms with Crippen molar-refractivity contribution in [3.63, 3.8) is 0 Å². The number of amides is 1. The number of nitrogens with one attached hydrogen (secondary N) is 1. The average Bonchev–Trinajstić information content (AvgIpc) is 2.68. The van der Waals surface area contributed by atoms with Gasteiger partial charge in [0.25, 0.3) is 5.91 Å². The van der Waals surface area contributed by atoms with Crippen molar-refractivity contribution >= 4 is 22.9 Å². The van der Waals surface area contributed by atoms with Crippen LogP contribution >= 0.6 is 11.3 Å². The van der Waals surface area contributed by atoms with Crippen molar-refractivity contribution < 1.29 is 9.90 Å². The van der Waals surface area contributed by atoms with Gasteiger partial charge in [0, 0.05) is 5.69 Å². The van der Waals surface area contributed by atoms with E-state index in [4.69, 9.17) is 5.11 Å². The fraction of sp³-hybridized carbons (Fsp3) is 0.0909. The van der Waals surface area contributed by atoms with Crippen LogP contribution in [0.3, 0.4) is 0 Å². The minimum Gasteiger partial charge on any atom is -0.508 e. The first-order valence-corrected chi connectivity index (χ1v) is 5.49. The lowest BCUT2D eigenvalue weighted by molar-refractivity contribution is 0.103. The van der Waals surface area contributed by atoms with Crippen LogP contribution in [-0.2, 0) is 0 Å². The lowest BCUT2D eigenvalue weighted by atomic mass is 10.3. The molecule has 0 aliphatic carbocycles. The van der Waals surface area contributed by atoms with Gasteiger partial charge in [-0.3, -0.25) is 4.79 Å². The molecule has 0 saturated heterocycles. The summed E-state index contributed by atoms with van der Waals surface area (Å²) in [4.78, 5) is 16.3. The smallest absolute Gasteiger partial charge is 0.267 e.